The van der Waals surface area contributed by atoms with Gasteiger partial charge in [-0.05, 0) is 32.0 Å². The van der Waals surface area contributed by atoms with Gasteiger partial charge in [0.2, 0.25) is 0 Å². The van der Waals surface area contributed by atoms with Gasteiger partial charge in [0, 0.05) is 6.04 Å². The summed E-state index contributed by atoms with van der Waals surface area (Å²) in [4.78, 5) is 24.2. The number of nitrogens with zero attached hydrogens (tertiary/aromatic N) is 1. The Morgan fingerprint density at radius 1 is 1.37 bits per heavy atom. The summed E-state index contributed by atoms with van der Waals surface area (Å²) < 4.78 is 4.98. The topological polar surface area (TPSA) is 87.1 Å². The van der Waals surface area contributed by atoms with Crippen LogP contribution in [-0.2, 0) is 4.79 Å². The monoisotopic (exact) mass is 267 g/mol. The number of benzene rings is 1. The van der Waals surface area contributed by atoms with E-state index in [4.69, 9.17) is 9.84 Å². The Kier molecular flexibility index (Phi) is 4.74. The molecule has 0 aliphatic carbocycles. The van der Waals surface area contributed by atoms with Gasteiger partial charge in [0.15, 0.2) is 0 Å². The van der Waals surface area contributed by atoms with E-state index in [9.17, 15) is 14.7 Å². The Bertz CT molecular complexity index is 484. The molecule has 0 bridgehead atoms. The summed E-state index contributed by atoms with van der Waals surface area (Å²) in [6.45, 7) is 2.99. The lowest BCUT2D eigenvalue weighted by Gasteiger charge is -2.25. The van der Waals surface area contributed by atoms with Crippen molar-refractivity contribution in [2.24, 2.45) is 0 Å². The Morgan fingerprint density at radius 2 is 2.00 bits per heavy atom. The second-order valence-corrected chi connectivity index (χ2v) is 4.30. The van der Waals surface area contributed by atoms with Crippen LogP contribution in [0.15, 0.2) is 18.2 Å². The van der Waals surface area contributed by atoms with Crippen LogP contribution in [0.4, 0.5) is 0 Å². The maximum Gasteiger partial charge on any atom is 0.323 e. The highest BCUT2D eigenvalue weighted by Crippen LogP contribution is 2.24. The zero-order chi connectivity index (χ0) is 14.6. The molecule has 0 heterocycles. The number of carboxylic acid groups (broad SMARTS) is 1. The lowest BCUT2D eigenvalue weighted by molar-refractivity contribution is -0.138. The Morgan fingerprint density at radius 3 is 2.47 bits per heavy atom. The van der Waals surface area contributed by atoms with E-state index < -0.39 is 18.4 Å². The van der Waals surface area contributed by atoms with Crippen LogP contribution in [0.1, 0.15) is 24.2 Å². The number of phenols is 1. The quantitative estimate of drug-likeness (QED) is 0.840. The number of hydrogen-bond acceptors (Lipinski definition) is 4. The number of hydrogen-bond donors (Lipinski definition) is 2. The highest BCUT2D eigenvalue weighted by atomic mass is 16.5. The van der Waals surface area contributed by atoms with Crippen LogP contribution in [0, 0.1) is 0 Å². The van der Waals surface area contributed by atoms with Crippen molar-refractivity contribution in [3.05, 3.63) is 23.8 Å². The molecular weight excluding hydrogens is 250 g/mol. The second-order valence-electron chi connectivity index (χ2n) is 4.30. The maximum absolute atomic E-state index is 12.3. The van der Waals surface area contributed by atoms with Gasteiger partial charge in [-0.25, -0.2) is 0 Å². The average molecular weight is 267 g/mol. The molecule has 0 saturated carbocycles. The summed E-state index contributed by atoms with van der Waals surface area (Å²) in [5.74, 6) is -1.44. The molecule has 0 spiro atoms. The first kappa shape index (κ1) is 14.8. The average Bonchev–Trinajstić information content (AvgIpc) is 2.35. The number of aromatic hydroxyl groups is 1. The number of carbonyl (C=O) groups excluding carboxylic acids is 1. The third-order valence-electron chi connectivity index (χ3n) is 2.62. The first-order valence-corrected chi connectivity index (χ1v) is 5.76. The van der Waals surface area contributed by atoms with Gasteiger partial charge < -0.3 is 19.8 Å². The van der Waals surface area contributed by atoms with Crippen LogP contribution in [0.2, 0.25) is 0 Å². The smallest absolute Gasteiger partial charge is 0.323 e. The van der Waals surface area contributed by atoms with Crippen molar-refractivity contribution < 1.29 is 24.5 Å². The number of rotatable bonds is 5. The van der Waals surface area contributed by atoms with Gasteiger partial charge in [-0.3, -0.25) is 9.59 Å². The molecule has 1 aromatic carbocycles. The van der Waals surface area contributed by atoms with Crippen LogP contribution in [0.25, 0.3) is 0 Å². The van der Waals surface area contributed by atoms with E-state index in [-0.39, 0.29) is 17.4 Å². The van der Waals surface area contributed by atoms with E-state index in [1.54, 1.807) is 13.8 Å². The van der Waals surface area contributed by atoms with Crippen molar-refractivity contribution in [3.8, 4) is 11.5 Å². The molecule has 0 aliphatic rings. The number of phenolic OH excluding ortho intramolecular Hbond substituents is 1. The number of carboxylic acids is 1. The largest absolute Gasteiger partial charge is 0.507 e. The lowest BCUT2D eigenvalue weighted by atomic mass is 10.1. The summed E-state index contributed by atoms with van der Waals surface area (Å²) in [5.41, 5.74) is 0.0225. The van der Waals surface area contributed by atoms with Gasteiger partial charge in [-0.15, -0.1) is 0 Å². The number of carbonyl (C=O) groups is 2. The highest BCUT2D eigenvalue weighted by molar-refractivity contribution is 5.98. The zero-order valence-electron chi connectivity index (χ0n) is 11.1. The fraction of sp³-hybridized carbons (Fsp3) is 0.385. The number of aliphatic carboxylic acids is 1. The number of ether oxygens (including phenoxy) is 1. The van der Waals surface area contributed by atoms with Crippen LogP contribution < -0.4 is 4.74 Å². The summed E-state index contributed by atoms with van der Waals surface area (Å²) >= 11 is 0. The molecule has 1 aromatic rings. The summed E-state index contributed by atoms with van der Waals surface area (Å²) in [5, 5.41) is 18.5. The predicted molar refractivity (Wildman–Crippen MR) is 68.5 cm³/mol. The second kappa shape index (κ2) is 6.08. The van der Waals surface area contributed by atoms with E-state index >= 15 is 0 Å². The van der Waals surface area contributed by atoms with E-state index in [1.165, 1.54) is 25.3 Å². The van der Waals surface area contributed by atoms with E-state index in [1.807, 2.05) is 0 Å². The number of methoxy groups -OCH3 is 1. The molecule has 0 aliphatic heterocycles. The summed E-state index contributed by atoms with van der Waals surface area (Å²) in [6.07, 6.45) is 0. The van der Waals surface area contributed by atoms with Crippen molar-refractivity contribution in [1.29, 1.82) is 0 Å². The van der Waals surface area contributed by atoms with Crippen LogP contribution in [0.3, 0.4) is 0 Å². The molecule has 6 nitrogen and oxygen atoms in total. The first-order valence-electron chi connectivity index (χ1n) is 5.76. The van der Waals surface area contributed by atoms with Crippen molar-refractivity contribution >= 4 is 11.9 Å². The number of amides is 1. The predicted octanol–water partition coefficient (Wildman–Crippen LogP) is 1.34. The minimum atomic E-state index is -1.11. The van der Waals surface area contributed by atoms with Crippen molar-refractivity contribution in [3.63, 3.8) is 0 Å². The molecule has 6 heteroatoms. The van der Waals surface area contributed by atoms with Gasteiger partial charge in [0.25, 0.3) is 5.91 Å². The highest BCUT2D eigenvalue weighted by Gasteiger charge is 2.24. The third-order valence-corrected chi connectivity index (χ3v) is 2.62. The zero-order valence-corrected chi connectivity index (χ0v) is 11.1. The van der Waals surface area contributed by atoms with Crippen molar-refractivity contribution in [2.75, 3.05) is 13.7 Å². The van der Waals surface area contributed by atoms with E-state index in [0.29, 0.717) is 5.75 Å². The van der Waals surface area contributed by atoms with Gasteiger partial charge in [0.05, 0.1) is 12.7 Å². The molecule has 0 unspecified atom stereocenters. The Labute approximate surface area is 111 Å². The van der Waals surface area contributed by atoms with Gasteiger partial charge in [-0.1, -0.05) is 0 Å². The van der Waals surface area contributed by atoms with Crippen LogP contribution in [0.5, 0.6) is 11.5 Å². The molecule has 104 valence electrons. The van der Waals surface area contributed by atoms with Crippen LogP contribution >= 0.6 is 0 Å². The van der Waals surface area contributed by atoms with E-state index in [0.717, 1.165) is 4.90 Å². The Balaban J connectivity index is 3.12. The third kappa shape index (κ3) is 3.61. The normalized spacial score (nSPS) is 10.3. The fourth-order valence-electron chi connectivity index (χ4n) is 1.60. The minimum absolute atomic E-state index is 0.0225. The molecule has 19 heavy (non-hydrogen) atoms. The molecule has 1 rings (SSSR count). The van der Waals surface area contributed by atoms with Crippen LogP contribution in [-0.4, -0.2) is 46.7 Å². The standard InChI is InChI=1S/C13H17NO5/c1-8(2)14(7-12(16)17)13(18)10-6-9(19-3)4-5-11(10)15/h4-6,8,15H,7H2,1-3H3,(H,16,17). The maximum atomic E-state index is 12.3. The fourth-order valence-corrected chi connectivity index (χ4v) is 1.60. The molecule has 0 fully saturated rings. The minimum Gasteiger partial charge on any atom is -0.507 e. The van der Waals surface area contributed by atoms with E-state index in [2.05, 4.69) is 0 Å². The molecular formula is C13H17NO5. The Hall–Kier alpha value is -2.24. The lowest BCUT2D eigenvalue weighted by Crippen LogP contribution is -2.40. The van der Waals surface area contributed by atoms with Crippen molar-refractivity contribution in [1.82, 2.24) is 4.90 Å². The summed E-state index contributed by atoms with van der Waals surface area (Å²) in [6, 6.07) is 3.94. The van der Waals surface area contributed by atoms with Gasteiger partial charge in [-0.2, -0.15) is 0 Å². The molecule has 0 saturated heterocycles. The summed E-state index contributed by atoms with van der Waals surface area (Å²) in [7, 11) is 1.44. The first-order chi connectivity index (χ1) is 8.86. The van der Waals surface area contributed by atoms with Gasteiger partial charge in [0.1, 0.15) is 18.0 Å². The van der Waals surface area contributed by atoms with Gasteiger partial charge >= 0.3 is 5.97 Å². The molecule has 2 N–H and O–H groups in total. The molecule has 1 amide bonds. The SMILES string of the molecule is COc1ccc(O)c(C(=O)N(CC(=O)O)C(C)C)c1. The molecule has 0 aromatic heterocycles. The molecule has 0 atom stereocenters. The molecule has 0 radical (unpaired) electrons. The van der Waals surface area contributed by atoms with Crippen molar-refractivity contribution in [2.45, 2.75) is 19.9 Å².